The number of amides is 5. The number of alkyl carbamates (subject to hydrolysis) is 2. The van der Waals surface area contributed by atoms with Crippen molar-refractivity contribution in [3.05, 3.63) is 60.6 Å². The molecule has 0 bridgehead atoms. The van der Waals surface area contributed by atoms with Gasteiger partial charge >= 0.3 is 12.2 Å². The van der Waals surface area contributed by atoms with Crippen molar-refractivity contribution in [3.63, 3.8) is 0 Å². The molecule has 4 N–H and O–H groups in total. The third kappa shape index (κ3) is 11.4. The third-order valence-electron chi connectivity index (χ3n) is 9.78. The van der Waals surface area contributed by atoms with Crippen LogP contribution < -0.4 is 16.0 Å². The SMILES string of the molecule is COC(=O)N[C@H](C(=O)N1CCC(C(=O)Nc2ccc(-c3ccc(-c4cnc([C@@H]5CCCN5C(=O)[C@@H](NC(=O)OC)C(C)C)[nH]4)cc3)cc2)C1)C(C)C.S.S.S. The Balaban J connectivity index is 0.00000348. The molecule has 2 fully saturated rings. The topological polar surface area (TPSA) is 175 Å². The number of hydrogen-bond acceptors (Lipinski definition) is 8. The number of anilines is 1. The van der Waals surface area contributed by atoms with E-state index in [-0.39, 0.29) is 88.5 Å². The summed E-state index contributed by atoms with van der Waals surface area (Å²) >= 11 is 0. The van der Waals surface area contributed by atoms with E-state index < -0.39 is 24.3 Å². The lowest BCUT2D eigenvalue weighted by Crippen LogP contribution is -2.51. The zero-order valence-electron chi connectivity index (χ0n) is 32.1. The van der Waals surface area contributed by atoms with Gasteiger partial charge < -0.3 is 40.2 Å². The average molecular weight is 818 g/mol. The van der Waals surface area contributed by atoms with E-state index in [0.29, 0.717) is 31.0 Å². The number of H-pyrrole nitrogens is 1. The van der Waals surface area contributed by atoms with Crippen LogP contribution in [0, 0.1) is 17.8 Å². The molecular weight excluding hydrogens is 763 g/mol. The minimum absolute atomic E-state index is 0. The molecule has 2 aliphatic heterocycles. The van der Waals surface area contributed by atoms with Crippen LogP contribution in [-0.4, -0.2) is 95.6 Å². The van der Waals surface area contributed by atoms with Crippen LogP contribution in [0.1, 0.15) is 58.8 Å². The lowest BCUT2D eigenvalue weighted by molar-refractivity contribution is -0.135. The number of aromatic nitrogens is 2. The van der Waals surface area contributed by atoms with Crippen molar-refractivity contribution >= 4 is 76.1 Å². The molecule has 2 aromatic carbocycles. The van der Waals surface area contributed by atoms with Gasteiger partial charge in [-0.1, -0.05) is 64.1 Å². The molecule has 5 rings (SSSR count). The highest BCUT2D eigenvalue weighted by atomic mass is 32.1. The van der Waals surface area contributed by atoms with Crippen molar-refractivity contribution in [1.29, 1.82) is 0 Å². The predicted molar refractivity (Wildman–Crippen MR) is 226 cm³/mol. The first kappa shape index (κ1) is 46.8. The number of carbonyl (C=O) groups excluding carboxylic acids is 5. The molecule has 14 nitrogen and oxygen atoms in total. The first-order chi connectivity index (χ1) is 24.9. The fraction of sp³-hybridized carbons (Fsp3) is 0.474. The van der Waals surface area contributed by atoms with E-state index in [1.165, 1.54) is 14.2 Å². The van der Waals surface area contributed by atoms with Gasteiger partial charge in [0.25, 0.3) is 0 Å². The maximum atomic E-state index is 13.5. The van der Waals surface area contributed by atoms with Gasteiger partial charge in [0.1, 0.15) is 17.9 Å². The molecule has 0 spiro atoms. The number of hydrogen-bond donors (Lipinski definition) is 4. The molecule has 0 radical (unpaired) electrons. The quantitative estimate of drug-likeness (QED) is 0.202. The third-order valence-corrected chi connectivity index (χ3v) is 9.78. The molecule has 0 aliphatic carbocycles. The molecule has 3 heterocycles. The molecular formula is C38H55N7O7S3. The Morgan fingerprint density at radius 1 is 0.745 bits per heavy atom. The first-order valence-electron chi connectivity index (χ1n) is 17.7. The van der Waals surface area contributed by atoms with Crippen LogP contribution in [0.4, 0.5) is 15.3 Å². The smallest absolute Gasteiger partial charge is 0.407 e. The van der Waals surface area contributed by atoms with Crippen LogP contribution in [0.25, 0.3) is 22.4 Å². The molecule has 302 valence electrons. The van der Waals surface area contributed by atoms with Gasteiger partial charge in [0.2, 0.25) is 17.7 Å². The summed E-state index contributed by atoms with van der Waals surface area (Å²) in [5.74, 6) is -0.439. The van der Waals surface area contributed by atoms with Gasteiger partial charge in [-0.05, 0) is 59.9 Å². The summed E-state index contributed by atoms with van der Waals surface area (Å²) in [6.45, 7) is 8.77. The van der Waals surface area contributed by atoms with E-state index in [4.69, 9.17) is 4.74 Å². The Morgan fingerprint density at radius 2 is 1.27 bits per heavy atom. The molecule has 1 unspecified atom stereocenters. The lowest BCUT2D eigenvalue weighted by atomic mass is 10.0. The van der Waals surface area contributed by atoms with Crippen LogP contribution >= 0.6 is 40.5 Å². The van der Waals surface area contributed by atoms with Gasteiger partial charge in [0.05, 0.1) is 38.1 Å². The van der Waals surface area contributed by atoms with Gasteiger partial charge in [-0.15, -0.1) is 0 Å². The molecule has 17 heteroatoms. The normalized spacial score (nSPS) is 17.2. The van der Waals surface area contributed by atoms with Crippen LogP contribution in [0.3, 0.4) is 0 Å². The Labute approximate surface area is 343 Å². The number of nitrogens with zero attached hydrogens (tertiary/aromatic N) is 3. The monoisotopic (exact) mass is 817 g/mol. The standard InChI is InChI=1S/C38H49N7O7.3H2S/c1-22(2)31(42-37(49)51-5)35(47)44-19-17-27(21-44)34(46)40-28-15-13-25(14-16-28)24-9-11-26(12-10-24)29-20-39-33(41-29)30-8-7-18-45(30)36(48)32(23(3)4)43-38(50)52-6;;;/h9-16,20,22-23,27,30-32H,7-8,17-19,21H2,1-6H3,(H,39,41)(H,40,46)(H,42,49)(H,43,50);3*1H2/t27?,30-,31-,32-;;;/m0.../s1. The zero-order valence-corrected chi connectivity index (χ0v) is 35.1. The number of likely N-dealkylation sites (tertiary alicyclic amines) is 2. The fourth-order valence-electron chi connectivity index (χ4n) is 6.75. The number of imidazole rings is 1. The van der Waals surface area contributed by atoms with Crippen LogP contribution in [0.15, 0.2) is 54.7 Å². The largest absolute Gasteiger partial charge is 0.453 e. The van der Waals surface area contributed by atoms with E-state index in [1.807, 2.05) is 76.2 Å². The highest BCUT2D eigenvalue weighted by Crippen LogP contribution is 2.33. The summed E-state index contributed by atoms with van der Waals surface area (Å²) in [6.07, 6.45) is 2.62. The van der Waals surface area contributed by atoms with Crippen molar-refractivity contribution in [2.45, 2.75) is 65.1 Å². The highest BCUT2D eigenvalue weighted by molar-refractivity contribution is 7.59. The molecule has 3 aromatic rings. The Hall–Kier alpha value is -4.35. The summed E-state index contributed by atoms with van der Waals surface area (Å²) in [4.78, 5) is 74.8. The second-order valence-corrected chi connectivity index (χ2v) is 14.0. The summed E-state index contributed by atoms with van der Waals surface area (Å²) in [6, 6.07) is 14.0. The summed E-state index contributed by atoms with van der Waals surface area (Å²) in [5, 5.41) is 8.26. The minimum Gasteiger partial charge on any atom is -0.453 e. The second-order valence-electron chi connectivity index (χ2n) is 14.0. The maximum Gasteiger partial charge on any atom is 0.407 e. The molecule has 2 aliphatic rings. The van der Waals surface area contributed by atoms with E-state index in [9.17, 15) is 24.0 Å². The molecule has 0 saturated carbocycles. The van der Waals surface area contributed by atoms with Gasteiger partial charge in [0, 0.05) is 25.3 Å². The first-order valence-corrected chi connectivity index (χ1v) is 17.7. The van der Waals surface area contributed by atoms with E-state index in [0.717, 1.165) is 35.2 Å². The number of ether oxygens (including phenoxy) is 2. The number of methoxy groups -OCH3 is 2. The van der Waals surface area contributed by atoms with Crippen LogP contribution in [-0.2, 0) is 23.9 Å². The minimum atomic E-state index is -0.727. The van der Waals surface area contributed by atoms with Gasteiger partial charge in [0.15, 0.2) is 0 Å². The Morgan fingerprint density at radius 3 is 1.82 bits per heavy atom. The van der Waals surface area contributed by atoms with Crippen molar-refractivity contribution in [2.24, 2.45) is 17.8 Å². The van der Waals surface area contributed by atoms with Gasteiger partial charge in [-0.3, -0.25) is 14.4 Å². The predicted octanol–water partition coefficient (Wildman–Crippen LogP) is 5.29. The highest BCUT2D eigenvalue weighted by Gasteiger charge is 2.38. The molecule has 5 amide bonds. The number of carbonyl (C=O) groups is 5. The van der Waals surface area contributed by atoms with Crippen LogP contribution in [0.2, 0.25) is 0 Å². The van der Waals surface area contributed by atoms with Crippen molar-refractivity contribution in [3.8, 4) is 22.4 Å². The van der Waals surface area contributed by atoms with E-state index in [2.05, 4.69) is 30.7 Å². The molecule has 1 aromatic heterocycles. The summed E-state index contributed by atoms with van der Waals surface area (Å²) < 4.78 is 9.40. The van der Waals surface area contributed by atoms with Crippen molar-refractivity contribution < 1.29 is 33.4 Å². The summed E-state index contributed by atoms with van der Waals surface area (Å²) in [5.41, 5.74) is 4.41. The fourth-order valence-corrected chi connectivity index (χ4v) is 6.75. The average Bonchev–Trinajstić information content (AvgIpc) is 3.94. The summed E-state index contributed by atoms with van der Waals surface area (Å²) in [7, 11) is 2.53. The molecule has 4 atom stereocenters. The number of rotatable bonds is 11. The molecule has 2 saturated heterocycles. The lowest BCUT2D eigenvalue weighted by Gasteiger charge is -2.30. The van der Waals surface area contributed by atoms with E-state index in [1.54, 1.807) is 16.0 Å². The van der Waals surface area contributed by atoms with Gasteiger partial charge in [-0.25, -0.2) is 14.6 Å². The van der Waals surface area contributed by atoms with Crippen LogP contribution in [0.5, 0.6) is 0 Å². The van der Waals surface area contributed by atoms with Gasteiger partial charge in [-0.2, -0.15) is 40.5 Å². The number of aromatic amines is 1. The second kappa shape index (κ2) is 21.1. The van der Waals surface area contributed by atoms with Crippen molar-refractivity contribution in [1.82, 2.24) is 30.4 Å². The zero-order chi connectivity index (χ0) is 37.5. The van der Waals surface area contributed by atoms with Crippen molar-refractivity contribution in [2.75, 3.05) is 39.2 Å². The Kier molecular flexibility index (Phi) is 17.9. The van der Waals surface area contributed by atoms with E-state index >= 15 is 0 Å². The number of benzene rings is 2. The maximum absolute atomic E-state index is 13.5. The molecule has 55 heavy (non-hydrogen) atoms. The number of nitrogens with one attached hydrogen (secondary N) is 4. The Bertz CT molecular complexity index is 1760.